The molecule has 0 fully saturated rings. The van der Waals surface area contributed by atoms with E-state index in [0.717, 1.165) is 24.3 Å². The zero-order chi connectivity index (χ0) is 17.0. The molecule has 2 aromatic carbocycles. The predicted molar refractivity (Wildman–Crippen MR) is 77.0 cm³/mol. The SMILES string of the molecule is O=C(COc1cccc(C(F)(F)F)c1)Nc1ccc(F)cc1Cl. The molecule has 2 rings (SSSR count). The van der Waals surface area contributed by atoms with E-state index in [1.54, 1.807) is 0 Å². The summed E-state index contributed by atoms with van der Waals surface area (Å²) in [6.45, 7) is -0.519. The van der Waals surface area contributed by atoms with Crippen LogP contribution < -0.4 is 10.1 Å². The Morgan fingerprint density at radius 2 is 1.91 bits per heavy atom. The minimum atomic E-state index is -4.50. The van der Waals surface area contributed by atoms with Gasteiger partial charge in [0, 0.05) is 0 Å². The number of carbonyl (C=O) groups is 1. The van der Waals surface area contributed by atoms with E-state index in [-0.39, 0.29) is 16.5 Å². The summed E-state index contributed by atoms with van der Waals surface area (Å²) in [5, 5.41) is 2.37. The lowest BCUT2D eigenvalue weighted by atomic mass is 10.2. The Hall–Kier alpha value is -2.28. The van der Waals surface area contributed by atoms with Gasteiger partial charge in [-0.25, -0.2) is 4.39 Å². The smallest absolute Gasteiger partial charge is 0.416 e. The predicted octanol–water partition coefficient (Wildman–Crippen LogP) is 4.52. The average Bonchev–Trinajstić information content (AvgIpc) is 2.47. The second kappa shape index (κ2) is 6.87. The summed E-state index contributed by atoms with van der Waals surface area (Å²) < 4.78 is 55.5. The standard InChI is InChI=1S/C15H10ClF4NO2/c16-12-7-10(17)4-5-13(12)21-14(22)8-23-11-3-1-2-9(6-11)15(18,19)20/h1-7H,8H2,(H,21,22). The average molecular weight is 348 g/mol. The Labute approximate surface area is 133 Å². The third-order valence-corrected chi connectivity index (χ3v) is 3.05. The van der Waals surface area contributed by atoms with Crippen molar-refractivity contribution in [1.29, 1.82) is 0 Å². The van der Waals surface area contributed by atoms with Crippen LogP contribution in [0.4, 0.5) is 23.2 Å². The van der Waals surface area contributed by atoms with Gasteiger partial charge in [-0.1, -0.05) is 17.7 Å². The molecule has 0 spiro atoms. The Kier molecular flexibility index (Phi) is 5.10. The van der Waals surface area contributed by atoms with Crippen molar-refractivity contribution in [2.24, 2.45) is 0 Å². The fourth-order valence-corrected chi connectivity index (χ4v) is 1.90. The molecule has 0 aliphatic carbocycles. The molecule has 1 N–H and O–H groups in total. The molecule has 0 aromatic heterocycles. The fourth-order valence-electron chi connectivity index (χ4n) is 1.69. The number of ether oxygens (including phenoxy) is 1. The maximum absolute atomic E-state index is 12.9. The van der Waals surface area contributed by atoms with Crippen molar-refractivity contribution in [3.8, 4) is 5.75 Å². The van der Waals surface area contributed by atoms with E-state index in [2.05, 4.69) is 5.32 Å². The normalized spacial score (nSPS) is 11.2. The zero-order valence-corrected chi connectivity index (χ0v) is 12.2. The van der Waals surface area contributed by atoms with Crippen LogP contribution in [0.5, 0.6) is 5.75 Å². The molecule has 8 heteroatoms. The molecule has 122 valence electrons. The number of anilines is 1. The Balaban J connectivity index is 1.97. The van der Waals surface area contributed by atoms with Gasteiger partial charge in [-0.05, 0) is 36.4 Å². The minimum Gasteiger partial charge on any atom is -0.484 e. The van der Waals surface area contributed by atoms with E-state index >= 15 is 0 Å². The van der Waals surface area contributed by atoms with Crippen molar-refractivity contribution in [3.63, 3.8) is 0 Å². The van der Waals surface area contributed by atoms with E-state index in [1.807, 2.05) is 0 Å². The topological polar surface area (TPSA) is 38.3 Å². The molecule has 1 amide bonds. The quantitative estimate of drug-likeness (QED) is 0.826. The molecular weight excluding hydrogens is 338 g/mol. The Bertz CT molecular complexity index is 719. The third kappa shape index (κ3) is 4.85. The second-order valence-electron chi connectivity index (χ2n) is 4.49. The van der Waals surface area contributed by atoms with Gasteiger partial charge in [-0.2, -0.15) is 13.2 Å². The minimum absolute atomic E-state index is 0.00239. The fraction of sp³-hybridized carbons (Fsp3) is 0.133. The van der Waals surface area contributed by atoms with Crippen LogP contribution in [-0.2, 0) is 11.0 Å². The lowest BCUT2D eigenvalue weighted by molar-refractivity contribution is -0.137. The van der Waals surface area contributed by atoms with E-state index in [9.17, 15) is 22.4 Å². The first-order valence-electron chi connectivity index (χ1n) is 6.30. The van der Waals surface area contributed by atoms with Gasteiger partial charge in [0.05, 0.1) is 16.3 Å². The van der Waals surface area contributed by atoms with E-state index < -0.39 is 30.1 Å². The van der Waals surface area contributed by atoms with Gasteiger partial charge in [-0.3, -0.25) is 4.79 Å². The van der Waals surface area contributed by atoms with Gasteiger partial charge in [0.15, 0.2) is 6.61 Å². The molecule has 23 heavy (non-hydrogen) atoms. The monoisotopic (exact) mass is 347 g/mol. The molecule has 0 atom stereocenters. The Morgan fingerprint density at radius 1 is 1.17 bits per heavy atom. The maximum atomic E-state index is 12.9. The van der Waals surface area contributed by atoms with Gasteiger partial charge in [0.2, 0.25) is 0 Å². The second-order valence-corrected chi connectivity index (χ2v) is 4.89. The van der Waals surface area contributed by atoms with Crippen LogP contribution in [0.1, 0.15) is 5.56 Å². The van der Waals surface area contributed by atoms with Crippen molar-refractivity contribution >= 4 is 23.2 Å². The van der Waals surface area contributed by atoms with Crippen LogP contribution in [0.2, 0.25) is 5.02 Å². The highest BCUT2D eigenvalue weighted by Crippen LogP contribution is 2.31. The number of nitrogens with one attached hydrogen (secondary N) is 1. The van der Waals surface area contributed by atoms with E-state index in [4.69, 9.17) is 16.3 Å². The number of hydrogen-bond acceptors (Lipinski definition) is 2. The van der Waals surface area contributed by atoms with Crippen LogP contribution >= 0.6 is 11.6 Å². The highest BCUT2D eigenvalue weighted by molar-refractivity contribution is 6.33. The van der Waals surface area contributed by atoms with Gasteiger partial charge in [0.1, 0.15) is 11.6 Å². The first-order chi connectivity index (χ1) is 10.8. The molecule has 0 radical (unpaired) electrons. The zero-order valence-electron chi connectivity index (χ0n) is 11.5. The summed E-state index contributed by atoms with van der Waals surface area (Å²) in [6.07, 6.45) is -4.50. The van der Waals surface area contributed by atoms with Crippen LogP contribution in [0.3, 0.4) is 0 Å². The first-order valence-corrected chi connectivity index (χ1v) is 6.68. The lowest BCUT2D eigenvalue weighted by Crippen LogP contribution is -2.20. The highest BCUT2D eigenvalue weighted by Gasteiger charge is 2.30. The summed E-state index contributed by atoms with van der Waals surface area (Å²) >= 11 is 5.74. The highest BCUT2D eigenvalue weighted by atomic mass is 35.5. The summed E-state index contributed by atoms with van der Waals surface area (Å²) in [5.74, 6) is -1.30. The first kappa shape index (κ1) is 17.1. The number of carbonyl (C=O) groups excluding carboxylic acids is 1. The van der Waals surface area contributed by atoms with Crippen molar-refractivity contribution < 1.29 is 27.1 Å². The molecule has 0 unspecified atom stereocenters. The molecule has 3 nitrogen and oxygen atoms in total. The molecule has 0 aliphatic heterocycles. The molecule has 0 aliphatic rings. The van der Waals surface area contributed by atoms with Crippen LogP contribution in [-0.4, -0.2) is 12.5 Å². The number of rotatable bonds is 4. The molecule has 0 saturated carbocycles. The summed E-state index contributed by atoms with van der Waals surface area (Å²) in [6, 6.07) is 7.55. The van der Waals surface area contributed by atoms with Crippen molar-refractivity contribution in [3.05, 3.63) is 58.9 Å². The van der Waals surface area contributed by atoms with Crippen LogP contribution in [0.15, 0.2) is 42.5 Å². The number of hydrogen-bond donors (Lipinski definition) is 1. The van der Waals surface area contributed by atoms with E-state index in [1.165, 1.54) is 18.2 Å². The summed E-state index contributed by atoms with van der Waals surface area (Å²) in [4.78, 5) is 11.7. The molecule has 0 bridgehead atoms. The van der Waals surface area contributed by atoms with Crippen LogP contribution in [0.25, 0.3) is 0 Å². The number of amides is 1. The summed E-state index contributed by atoms with van der Waals surface area (Å²) in [7, 11) is 0. The molecular formula is C15H10ClF4NO2. The van der Waals surface area contributed by atoms with Crippen LogP contribution in [0, 0.1) is 5.82 Å². The van der Waals surface area contributed by atoms with Crippen molar-refractivity contribution in [1.82, 2.24) is 0 Å². The largest absolute Gasteiger partial charge is 0.484 e. The van der Waals surface area contributed by atoms with Crippen molar-refractivity contribution in [2.45, 2.75) is 6.18 Å². The van der Waals surface area contributed by atoms with E-state index in [0.29, 0.717) is 0 Å². The molecule has 2 aromatic rings. The summed E-state index contributed by atoms with van der Waals surface area (Å²) in [5.41, 5.74) is -0.706. The number of halogens is 5. The molecule has 0 saturated heterocycles. The third-order valence-electron chi connectivity index (χ3n) is 2.74. The van der Waals surface area contributed by atoms with Gasteiger partial charge < -0.3 is 10.1 Å². The number of alkyl halides is 3. The number of benzene rings is 2. The van der Waals surface area contributed by atoms with Crippen molar-refractivity contribution in [2.75, 3.05) is 11.9 Å². The Morgan fingerprint density at radius 3 is 2.57 bits per heavy atom. The van der Waals surface area contributed by atoms with Gasteiger partial charge >= 0.3 is 6.18 Å². The maximum Gasteiger partial charge on any atom is 0.416 e. The van der Waals surface area contributed by atoms with Gasteiger partial charge in [-0.15, -0.1) is 0 Å². The molecule has 0 heterocycles. The van der Waals surface area contributed by atoms with Gasteiger partial charge in [0.25, 0.3) is 5.91 Å². The lowest BCUT2D eigenvalue weighted by Gasteiger charge is -2.11.